The lowest BCUT2D eigenvalue weighted by atomic mass is 10.2. The van der Waals surface area contributed by atoms with Crippen molar-refractivity contribution < 1.29 is 9.05 Å². The Labute approximate surface area is 97.4 Å². The zero-order valence-corrected chi connectivity index (χ0v) is 10.0. The SMILES string of the molecule is CCc1noc(Cn2c(C(C)C)noc2=O)n1. The van der Waals surface area contributed by atoms with Gasteiger partial charge in [-0.3, -0.25) is 9.09 Å². The second-order valence-corrected chi connectivity index (χ2v) is 4.01. The molecule has 0 amide bonds. The molecule has 2 aromatic rings. The summed E-state index contributed by atoms with van der Waals surface area (Å²) in [7, 11) is 0. The van der Waals surface area contributed by atoms with Crippen LogP contribution >= 0.6 is 0 Å². The van der Waals surface area contributed by atoms with Crippen molar-refractivity contribution in [2.45, 2.75) is 39.7 Å². The molecule has 17 heavy (non-hydrogen) atoms. The van der Waals surface area contributed by atoms with Crippen molar-refractivity contribution in [3.63, 3.8) is 0 Å². The van der Waals surface area contributed by atoms with E-state index in [2.05, 4.69) is 19.8 Å². The number of aromatic nitrogens is 4. The normalized spacial score (nSPS) is 11.3. The van der Waals surface area contributed by atoms with Crippen molar-refractivity contribution in [1.82, 2.24) is 19.9 Å². The summed E-state index contributed by atoms with van der Waals surface area (Å²) in [4.78, 5) is 15.6. The Morgan fingerprint density at radius 1 is 1.29 bits per heavy atom. The van der Waals surface area contributed by atoms with E-state index in [-0.39, 0.29) is 12.5 Å². The molecule has 2 aromatic heterocycles. The minimum atomic E-state index is -0.509. The Bertz CT molecular complexity index is 552. The zero-order chi connectivity index (χ0) is 12.4. The van der Waals surface area contributed by atoms with Crippen molar-refractivity contribution in [3.8, 4) is 0 Å². The summed E-state index contributed by atoms with van der Waals surface area (Å²) in [6.45, 7) is 5.99. The van der Waals surface area contributed by atoms with Crippen LogP contribution in [0, 0.1) is 0 Å². The summed E-state index contributed by atoms with van der Waals surface area (Å²) in [6, 6.07) is 0. The Hall–Kier alpha value is -1.92. The number of nitrogens with zero attached hydrogens (tertiary/aromatic N) is 4. The Kier molecular flexibility index (Phi) is 3.08. The fourth-order valence-electron chi connectivity index (χ4n) is 1.47. The van der Waals surface area contributed by atoms with E-state index < -0.39 is 5.76 Å². The van der Waals surface area contributed by atoms with Crippen molar-refractivity contribution in [2.75, 3.05) is 0 Å². The predicted molar refractivity (Wildman–Crippen MR) is 57.6 cm³/mol. The summed E-state index contributed by atoms with van der Waals surface area (Å²) >= 11 is 0. The molecule has 2 heterocycles. The third kappa shape index (κ3) is 2.27. The van der Waals surface area contributed by atoms with Crippen molar-refractivity contribution in [3.05, 3.63) is 28.1 Å². The van der Waals surface area contributed by atoms with Gasteiger partial charge in [0.1, 0.15) is 6.54 Å². The number of hydrogen-bond acceptors (Lipinski definition) is 6. The van der Waals surface area contributed by atoms with E-state index in [4.69, 9.17) is 4.52 Å². The summed E-state index contributed by atoms with van der Waals surface area (Å²) in [5.41, 5.74) is 0. The van der Waals surface area contributed by atoms with E-state index in [1.807, 2.05) is 20.8 Å². The number of hydrogen-bond donors (Lipinski definition) is 0. The van der Waals surface area contributed by atoms with Gasteiger partial charge in [-0.05, 0) is 0 Å². The van der Waals surface area contributed by atoms with Gasteiger partial charge in [0.15, 0.2) is 11.6 Å². The van der Waals surface area contributed by atoms with E-state index in [1.165, 1.54) is 4.57 Å². The monoisotopic (exact) mass is 238 g/mol. The topological polar surface area (TPSA) is 87.0 Å². The van der Waals surface area contributed by atoms with E-state index >= 15 is 0 Å². The largest absolute Gasteiger partial charge is 0.442 e. The third-order valence-electron chi connectivity index (χ3n) is 2.35. The van der Waals surface area contributed by atoms with Crippen molar-refractivity contribution >= 4 is 0 Å². The standard InChI is InChI=1S/C10H14N4O3/c1-4-7-11-8(16-12-7)5-14-9(6(2)3)13-17-10(14)15/h6H,4-5H2,1-3H3. The first-order chi connectivity index (χ1) is 8.11. The molecule has 0 atom stereocenters. The summed E-state index contributed by atoms with van der Waals surface area (Å²) in [5.74, 6) is 1.16. The zero-order valence-electron chi connectivity index (χ0n) is 10.0. The molecule has 0 radical (unpaired) electrons. The van der Waals surface area contributed by atoms with Gasteiger partial charge in [0.2, 0.25) is 5.89 Å². The highest BCUT2D eigenvalue weighted by Crippen LogP contribution is 2.10. The summed E-state index contributed by atoms with van der Waals surface area (Å²) in [5, 5.41) is 7.49. The molecule has 0 fully saturated rings. The highest BCUT2D eigenvalue weighted by Gasteiger charge is 2.16. The number of rotatable bonds is 4. The minimum absolute atomic E-state index is 0.0926. The van der Waals surface area contributed by atoms with E-state index in [0.29, 0.717) is 24.0 Å². The van der Waals surface area contributed by atoms with Gasteiger partial charge in [0.05, 0.1) is 0 Å². The van der Waals surface area contributed by atoms with Crippen LogP contribution in [0.2, 0.25) is 0 Å². The van der Waals surface area contributed by atoms with Crippen LogP contribution in [-0.2, 0) is 13.0 Å². The molecule has 0 aliphatic heterocycles. The van der Waals surface area contributed by atoms with Crippen LogP contribution in [0.25, 0.3) is 0 Å². The molecule has 0 aliphatic carbocycles. The molecule has 0 aromatic carbocycles. The Morgan fingerprint density at radius 3 is 2.65 bits per heavy atom. The van der Waals surface area contributed by atoms with Gasteiger partial charge in [0.25, 0.3) is 0 Å². The first kappa shape index (κ1) is 11.6. The first-order valence-electron chi connectivity index (χ1n) is 5.49. The Morgan fingerprint density at radius 2 is 2.06 bits per heavy atom. The van der Waals surface area contributed by atoms with Gasteiger partial charge in [0, 0.05) is 12.3 Å². The lowest BCUT2D eigenvalue weighted by molar-refractivity contribution is 0.351. The maximum atomic E-state index is 11.5. The van der Waals surface area contributed by atoms with Crippen molar-refractivity contribution in [1.29, 1.82) is 0 Å². The molecule has 7 heteroatoms. The second kappa shape index (κ2) is 4.52. The third-order valence-corrected chi connectivity index (χ3v) is 2.35. The smallest absolute Gasteiger partial charge is 0.337 e. The predicted octanol–water partition coefficient (Wildman–Crippen LogP) is 0.953. The molecule has 92 valence electrons. The maximum Gasteiger partial charge on any atom is 0.442 e. The van der Waals surface area contributed by atoms with Gasteiger partial charge in [-0.1, -0.05) is 31.1 Å². The van der Waals surface area contributed by atoms with Gasteiger partial charge in [-0.25, -0.2) is 4.79 Å². The van der Waals surface area contributed by atoms with Gasteiger partial charge < -0.3 is 4.52 Å². The van der Waals surface area contributed by atoms with Crippen LogP contribution in [0.4, 0.5) is 0 Å². The average Bonchev–Trinajstić information content (AvgIpc) is 2.87. The first-order valence-corrected chi connectivity index (χ1v) is 5.49. The van der Waals surface area contributed by atoms with Crippen LogP contribution in [0.1, 0.15) is 44.2 Å². The molecule has 0 spiro atoms. The average molecular weight is 238 g/mol. The molecule has 0 saturated heterocycles. The van der Waals surface area contributed by atoms with E-state index in [0.717, 1.165) is 0 Å². The molecule has 7 nitrogen and oxygen atoms in total. The van der Waals surface area contributed by atoms with Crippen LogP contribution in [0.15, 0.2) is 13.8 Å². The Balaban J connectivity index is 2.29. The molecule has 0 aliphatic rings. The van der Waals surface area contributed by atoms with E-state index in [9.17, 15) is 4.79 Å². The molecule has 0 bridgehead atoms. The van der Waals surface area contributed by atoms with Gasteiger partial charge in [-0.2, -0.15) is 4.98 Å². The fraction of sp³-hybridized carbons (Fsp3) is 0.600. The minimum Gasteiger partial charge on any atom is -0.337 e. The molecule has 2 rings (SSSR count). The molecular weight excluding hydrogens is 224 g/mol. The van der Waals surface area contributed by atoms with Crippen molar-refractivity contribution in [2.24, 2.45) is 0 Å². The van der Waals surface area contributed by atoms with Crippen LogP contribution in [-0.4, -0.2) is 19.9 Å². The summed E-state index contributed by atoms with van der Waals surface area (Å²) in [6.07, 6.45) is 0.694. The second-order valence-electron chi connectivity index (χ2n) is 4.01. The molecule has 0 N–H and O–H groups in total. The van der Waals surface area contributed by atoms with Crippen LogP contribution in [0.5, 0.6) is 0 Å². The lowest BCUT2D eigenvalue weighted by Gasteiger charge is -2.03. The molecule has 0 unspecified atom stereocenters. The van der Waals surface area contributed by atoms with Gasteiger partial charge in [-0.15, -0.1) is 0 Å². The van der Waals surface area contributed by atoms with E-state index in [1.54, 1.807) is 0 Å². The quantitative estimate of drug-likeness (QED) is 0.788. The van der Waals surface area contributed by atoms with Crippen LogP contribution in [0.3, 0.4) is 0 Å². The maximum absolute atomic E-state index is 11.5. The molecule has 0 saturated carbocycles. The fourth-order valence-corrected chi connectivity index (χ4v) is 1.47. The van der Waals surface area contributed by atoms with Crippen LogP contribution < -0.4 is 5.76 Å². The highest BCUT2D eigenvalue weighted by molar-refractivity contribution is 4.95. The lowest BCUT2D eigenvalue weighted by Crippen LogP contribution is -2.18. The highest BCUT2D eigenvalue weighted by atomic mass is 16.5. The van der Waals surface area contributed by atoms with Gasteiger partial charge >= 0.3 is 5.76 Å². The summed E-state index contributed by atoms with van der Waals surface area (Å²) < 4.78 is 11.1. The molecular formula is C10H14N4O3. The number of aryl methyl sites for hydroxylation is 1.